The van der Waals surface area contributed by atoms with Crippen molar-refractivity contribution < 1.29 is 4.74 Å². The summed E-state index contributed by atoms with van der Waals surface area (Å²) in [7, 11) is 1.63. The molecule has 0 fully saturated rings. The molecule has 0 spiro atoms. The summed E-state index contributed by atoms with van der Waals surface area (Å²) in [6.45, 7) is 6.01. The van der Waals surface area contributed by atoms with Crippen LogP contribution in [0.15, 0.2) is 35.1 Å². The highest BCUT2D eigenvalue weighted by Crippen LogP contribution is 2.28. The molecule has 0 aliphatic carbocycles. The number of hydrogen-bond donors (Lipinski definition) is 2. The maximum atomic E-state index is 12.7. The van der Waals surface area contributed by atoms with Crippen LogP contribution in [-0.2, 0) is 6.42 Å². The van der Waals surface area contributed by atoms with Crippen LogP contribution in [0.3, 0.4) is 0 Å². The summed E-state index contributed by atoms with van der Waals surface area (Å²) in [4.78, 5) is 17.4. The summed E-state index contributed by atoms with van der Waals surface area (Å²) < 4.78 is 6.78. The van der Waals surface area contributed by atoms with Gasteiger partial charge in [0.15, 0.2) is 5.65 Å². The van der Waals surface area contributed by atoms with Crippen LogP contribution in [0.4, 0.5) is 0 Å². The summed E-state index contributed by atoms with van der Waals surface area (Å²) >= 11 is 0. The maximum Gasteiger partial charge on any atom is 0.273 e. The fraction of sp³-hybridized carbons (Fsp3) is 0.250. The van der Waals surface area contributed by atoms with Crippen molar-refractivity contribution in [3.05, 3.63) is 57.5 Å². The van der Waals surface area contributed by atoms with E-state index in [9.17, 15) is 4.79 Å². The Morgan fingerprint density at radius 3 is 2.70 bits per heavy atom. The molecular weight excluding hydrogens is 342 g/mol. The molecule has 0 bridgehead atoms. The minimum atomic E-state index is -0.173. The quantitative estimate of drug-likeness (QED) is 0.582. The van der Waals surface area contributed by atoms with E-state index in [0.717, 1.165) is 45.9 Å². The summed E-state index contributed by atoms with van der Waals surface area (Å²) in [6, 6.07) is 9.21. The number of ether oxygens (including phenoxy) is 1. The number of fused-ring (bicyclic) bond motifs is 1. The number of H-pyrrole nitrogens is 2. The first-order valence-corrected chi connectivity index (χ1v) is 8.84. The molecule has 0 aliphatic heterocycles. The van der Waals surface area contributed by atoms with Gasteiger partial charge < -0.3 is 4.74 Å². The van der Waals surface area contributed by atoms with Crippen molar-refractivity contribution in [3.8, 4) is 28.4 Å². The predicted molar refractivity (Wildman–Crippen MR) is 104 cm³/mol. The van der Waals surface area contributed by atoms with Crippen LogP contribution in [0.2, 0.25) is 0 Å². The fourth-order valence-electron chi connectivity index (χ4n) is 3.36. The number of nitrogens with one attached hydrogen (secondary N) is 2. The van der Waals surface area contributed by atoms with E-state index in [4.69, 9.17) is 9.72 Å². The Labute approximate surface area is 156 Å². The number of aromatic amines is 2. The Balaban J connectivity index is 1.91. The molecule has 1 aromatic carbocycles. The third kappa shape index (κ3) is 2.71. The van der Waals surface area contributed by atoms with Gasteiger partial charge in [-0.25, -0.2) is 9.50 Å². The van der Waals surface area contributed by atoms with Gasteiger partial charge in [0.05, 0.1) is 18.5 Å². The van der Waals surface area contributed by atoms with Crippen LogP contribution in [0.25, 0.3) is 28.3 Å². The first-order valence-electron chi connectivity index (χ1n) is 8.84. The summed E-state index contributed by atoms with van der Waals surface area (Å²) in [5.74, 6) is 0.755. The Hall–Kier alpha value is -3.35. The molecule has 0 atom stereocenters. The number of hydrogen-bond acceptors (Lipinski definition) is 4. The van der Waals surface area contributed by atoms with Gasteiger partial charge in [-0.3, -0.25) is 15.0 Å². The minimum absolute atomic E-state index is 0.173. The Kier molecular flexibility index (Phi) is 4.07. The van der Waals surface area contributed by atoms with E-state index < -0.39 is 0 Å². The summed E-state index contributed by atoms with van der Waals surface area (Å²) in [6.07, 6.45) is 0.850. The van der Waals surface area contributed by atoms with Crippen LogP contribution in [0, 0.1) is 13.8 Å². The van der Waals surface area contributed by atoms with Crippen molar-refractivity contribution in [2.45, 2.75) is 27.2 Å². The fourth-order valence-corrected chi connectivity index (χ4v) is 3.36. The smallest absolute Gasteiger partial charge is 0.273 e. The molecule has 0 saturated heterocycles. The molecule has 27 heavy (non-hydrogen) atoms. The molecule has 3 heterocycles. The number of aryl methyl sites for hydroxylation is 2. The highest BCUT2D eigenvalue weighted by atomic mass is 16.5. The molecule has 0 unspecified atom stereocenters. The zero-order valence-electron chi connectivity index (χ0n) is 15.8. The van der Waals surface area contributed by atoms with Gasteiger partial charge in [-0.1, -0.05) is 19.1 Å². The average molecular weight is 363 g/mol. The van der Waals surface area contributed by atoms with Gasteiger partial charge in [-0.2, -0.15) is 5.10 Å². The van der Waals surface area contributed by atoms with Crippen LogP contribution in [0.1, 0.15) is 23.7 Å². The van der Waals surface area contributed by atoms with Crippen LogP contribution in [0.5, 0.6) is 5.75 Å². The van der Waals surface area contributed by atoms with E-state index in [2.05, 4.69) is 22.2 Å². The van der Waals surface area contributed by atoms with Crippen LogP contribution in [-0.4, -0.2) is 31.9 Å². The molecule has 138 valence electrons. The third-order valence-electron chi connectivity index (χ3n) is 4.92. The van der Waals surface area contributed by atoms with Crippen molar-refractivity contribution in [2.24, 2.45) is 0 Å². The second-order valence-electron chi connectivity index (χ2n) is 6.51. The molecule has 3 aromatic heterocycles. The standard InChI is InChI=1S/C20H21N5O2/c1-5-15-11(2)19(23-22-15)16-10-17(26)25-20(21-16)12(3)18(24-25)13-7-6-8-14(9-13)27-4/h6-10,24H,5H2,1-4H3,(H,22,23). The maximum absolute atomic E-state index is 12.7. The Morgan fingerprint density at radius 1 is 1.19 bits per heavy atom. The van der Waals surface area contributed by atoms with E-state index in [-0.39, 0.29) is 5.56 Å². The summed E-state index contributed by atoms with van der Waals surface area (Å²) in [5, 5.41) is 10.6. The van der Waals surface area contributed by atoms with Gasteiger partial charge in [0.1, 0.15) is 11.4 Å². The minimum Gasteiger partial charge on any atom is -0.497 e. The SMILES string of the molecule is CCc1[nH]nc(-c2cc(=O)n3[nH]c(-c4cccc(OC)c4)c(C)c3n2)c1C. The zero-order chi connectivity index (χ0) is 19.1. The van der Waals surface area contributed by atoms with E-state index in [1.165, 1.54) is 10.6 Å². The average Bonchev–Trinajstić information content (AvgIpc) is 3.22. The molecule has 0 aliphatic rings. The highest BCUT2D eigenvalue weighted by molar-refractivity contribution is 5.72. The van der Waals surface area contributed by atoms with Crippen molar-refractivity contribution >= 4 is 5.65 Å². The zero-order valence-corrected chi connectivity index (χ0v) is 15.8. The van der Waals surface area contributed by atoms with Crippen molar-refractivity contribution in [2.75, 3.05) is 7.11 Å². The number of benzene rings is 1. The van der Waals surface area contributed by atoms with Crippen molar-refractivity contribution in [1.82, 2.24) is 24.8 Å². The summed E-state index contributed by atoms with van der Waals surface area (Å²) in [5.41, 5.74) is 6.45. The number of nitrogens with zero attached hydrogens (tertiary/aromatic N) is 3. The first kappa shape index (κ1) is 17.1. The molecule has 2 N–H and O–H groups in total. The first-order chi connectivity index (χ1) is 13.0. The van der Waals surface area contributed by atoms with Crippen molar-refractivity contribution in [1.29, 1.82) is 0 Å². The lowest BCUT2D eigenvalue weighted by molar-refractivity contribution is 0.415. The Morgan fingerprint density at radius 2 is 2.00 bits per heavy atom. The van der Waals surface area contributed by atoms with Gasteiger partial charge in [0.25, 0.3) is 5.56 Å². The lowest BCUT2D eigenvalue weighted by Gasteiger charge is -2.03. The molecular formula is C20H21N5O2. The lowest BCUT2D eigenvalue weighted by Crippen LogP contribution is -2.14. The van der Waals surface area contributed by atoms with E-state index in [1.54, 1.807) is 7.11 Å². The van der Waals surface area contributed by atoms with Gasteiger partial charge in [0.2, 0.25) is 0 Å². The molecule has 7 heteroatoms. The van der Waals surface area contributed by atoms with Crippen LogP contribution < -0.4 is 10.3 Å². The van der Waals surface area contributed by atoms with Gasteiger partial charge in [0, 0.05) is 22.9 Å². The van der Waals surface area contributed by atoms with Crippen LogP contribution >= 0.6 is 0 Å². The van der Waals surface area contributed by atoms with Crippen molar-refractivity contribution in [3.63, 3.8) is 0 Å². The second-order valence-corrected chi connectivity index (χ2v) is 6.51. The van der Waals surface area contributed by atoms with Gasteiger partial charge in [-0.15, -0.1) is 0 Å². The molecule has 0 radical (unpaired) electrons. The van der Waals surface area contributed by atoms with E-state index >= 15 is 0 Å². The largest absolute Gasteiger partial charge is 0.497 e. The molecule has 4 rings (SSSR count). The predicted octanol–water partition coefficient (Wildman–Crippen LogP) is 3.27. The monoisotopic (exact) mass is 363 g/mol. The molecule has 0 saturated carbocycles. The molecule has 0 amide bonds. The lowest BCUT2D eigenvalue weighted by atomic mass is 10.1. The number of methoxy groups -OCH3 is 1. The second kappa shape index (κ2) is 6.42. The molecule has 4 aromatic rings. The third-order valence-corrected chi connectivity index (χ3v) is 4.92. The van der Waals surface area contributed by atoms with E-state index in [0.29, 0.717) is 11.3 Å². The molecule has 7 nitrogen and oxygen atoms in total. The van der Waals surface area contributed by atoms with Gasteiger partial charge in [-0.05, 0) is 38.0 Å². The Bertz CT molecular complexity index is 1200. The highest BCUT2D eigenvalue weighted by Gasteiger charge is 2.17. The normalized spacial score (nSPS) is 11.3. The topological polar surface area (TPSA) is 88.1 Å². The van der Waals surface area contributed by atoms with E-state index in [1.807, 2.05) is 38.1 Å². The number of aromatic nitrogens is 5. The van der Waals surface area contributed by atoms with Gasteiger partial charge >= 0.3 is 0 Å². The number of rotatable bonds is 4.